The number of carbonyl (C=O) groups excluding carboxylic acids is 2. The molecule has 8 nitrogen and oxygen atoms in total. The van der Waals surface area contributed by atoms with E-state index in [2.05, 4.69) is 10.6 Å². The summed E-state index contributed by atoms with van der Waals surface area (Å²) in [5.74, 6) is 1.29. The second-order valence-corrected chi connectivity index (χ2v) is 6.88. The lowest BCUT2D eigenvalue weighted by Crippen LogP contribution is -2.57. The van der Waals surface area contributed by atoms with Crippen molar-refractivity contribution >= 4 is 11.9 Å². The molecule has 0 radical (unpaired) electrons. The van der Waals surface area contributed by atoms with E-state index in [1.807, 2.05) is 49.4 Å². The maximum absolute atomic E-state index is 12.2. The van der Waals surface area contributed by atoms with Crippen LogP contribution in [0.3, 0.4) is 0 Å². The van der Waals surface area contributed by atoms with Crippen LogP contribution in [0.4, 0.5) is 0 Å². The van der Waals surface area contributed by atoms with Gasteiger partial charge >= 0.3 is 5.97 Å². The Morgan fingerprint density at radius 2 is 1.52 bits per heavy atom. The van der Waals surface area contributed by atoms with Crippen molar-refractivity contribution < 1.29 is 28.5 Å². The molecule has 0 aliphatic carbocycles. The molecule has 0 aromatic heterocycles. The van der Waals surface area contributed by atoms with E-state index in [0.717, 1.165) is 5.75 Å². The van der Waals surface area contributed by atoms with Gasteiger partial charge in [0.15, 0.2) is 0 Å². The van der Waals surface area contributed by atoms with Crippen LogP contribution in [0.2, 0.25) is 0 Å². The highest BCUT2D eigenvalue weighted by Gasteiger charge is 2.35. The van der Waals surface area contributed by atoms with E-state index >= 15 is 0 Å². The van der Waals surface area contributed by atoms with Crippen molar-refractivity contribution in [2.24, 2.45) is 0 Å². The Kier molecular flexibility index (Phi) is 9.64. The fraction of sp³-hybridized carbons (Fsp3) is 0.391. The van der Waals surface area contributed by atoms with Crippen LogP contribution in [0, 0.1) is 0 Å². The van der Waals surface area contributed by atoms with Crippen LogP contribution in [-0.2, 0) is 14.3 Å². The standard InChI is InChI=1S/C23H30N2O6/c1-4-29-19-10-12-20(13-11-19)30-15-14-24-21(26)16-25-23(2,22(27)28-3)17-31-18-8-6-5-7-9-18/h5-13,25H,4,14-17H2,1-3H3,(H,24,26). The summed E-state index contributed by atoms with van der Waals surface area (Å²) in [6.07, 6.45) is 0. The third-order valence-electron chi connectivity index (χ3n) is 4.37. The highest BCUT2D eigenvalue weighted by atomic mass is 16.5. The molecular formula is C23H30N2O6. The van der Waals surface area contributed by atoms with E-state index in [1.54, 1.807) is 19.1 Å². The molecule has 1 amide bonds. The summed E-state index contributed by atoms with van der Waals surface area (Å²) in [5, 5.41) is 5.67. The number of carbonyl (C=O) groups is 2. The van der Waals surface area contributed by atoms with Crippen LogP contribution in [0.1, 0.15) is 13.8 Å². The SMILES string of the molecule is CCOc1ccc(OCCNC(=O)CNC(C)(COc2ccccc2)C(=O)OC)cc1. The highest BCUT2D eigenvalue weighted by molar-refractivity contribution is 5.83. The quantitative estimate of drug-likeness (QED) is 0.371. The summed E-state index contributed by atoms with van der Waals surface area (Å²) < 4.78 is 21.5. The summed E-state index contributed by atoms with van der Waals surface area (Å²) in [7, 11) is 1.29. The molecule has 2 N–H and O–H groups in total. The monoisotopic (exact) mass is 430 g/mol. The number of methoxy groups -OCH3 is 1. The normalized spacial score (nSPS) is 12.4. The molecule has 0 aliphatic heterocycles. The molecule has 2 rings (SSSR count). The van der Waals surface area contributed by atoms with Gasteiger partial charge in [-0.1, -0.05) is 18.2 Å². The summed E-state index contributed by atoms with van der Waals surface area (Å²) in [6.45, 7) is 4.72. The smallest absolute Gasteiger partial charge is 0.329 e. The minimum absolute atomic E-state index is 0.0117. The number of ether oxygens (including phenoxy) is 4. The summed E-state index contributed by atoms with van der Waals surface area (Å²) >= 11 is 0. The van der Waals surface area contributed by atoms with Crippen LogP contribution >= 0.6 is 0 Å². The lowest BCUT2D eigenvalue weighted by Gasteiger charge is -2.27. The highest BCUT2D eigenvalue weighted by Crippen LogP contribution is 2.17. The fourth-order valence-corrected chi connectivity index (χ4v) is 2.65. The van der Waals surface area contributed by atoms with Gasteiger partial charge in [0.25, 0.3) is 0 Å². The largest absolute Gasteiger partial charge is 0.494 e. The number of hydrogen-bond donors (Lipinski definition) is 2. The van der Waals surface area contributed by atoms with Gasteiger partial charge in [0.2, 0.25) is 5.91 Å². The summed E-state index contributed by atoms with van der Waals surface area (Å²) in [4.78, 5) is 24.4. The molecule has 0 bridgehead atoms. The van der Waals surface area contributed by atoms with Gasteiger partial charge in [-0.2, -0.15) is 0 Å². The van der Waals surface area contributed by atoms with Gasteiger partial charge in [-0.05, 0) is 50.2 Å². The zero-order valence-corrected chi connectivity index (χ0v) is 18.2. The third kappa shape index (κ3) is 8.18. The lowest BCUT2D eigenvalue weighted by molar-refractivity contribution is -0.149. The Morgan fingerprint density at radius 3 is 2.13 bits per heavy atom. The van der Waals surface area contributed by atoms with Gasteiger partial charge in [0.1, 0.15) is 36.0 Å². The molecule has 0 saturated carbocycles. The average Bonchev–Trinajstić information content (AvgIpc) is 2.80. The number of esters is 1. The Morgan fingerprint density at radius 1 is 0.903 bits per heavy atom. The van der Waals surface area contributed by atoms with Crippen molar-refractivity contribution in [2.75, 3.05) is 40.0 Å². The Labute approximate surface area is 182 Å². The van der Waals surface area contributed by atoms with Gasteiger partial charge in [-0.25, -0.2) is 4.79 Å². The van der Waals surface area contributed by atoms with E-state index < -0.39 is 11.5 Å². The first-order valence-corrected chi connectivity index (χ1v) is 10.1. The number of amides is 1. The van der Waals surface area contributed by atoms with E-state index in [0.29, 0.717) is 31.3 Å². The van der Waals surface area contributed by atoms with Crippen LogP contribution in [0.25, 0.3) is 0 Å². The maximum Gasteiger partial charge on any atom is 0.329 e. The molecule has 1 unspecified atom stereocenters. The zero-order valence-electron chi connectivity index (χ0n) is 18.2. The number of para-hydroxylation sites is 1. The van der Waals surface area contributed by atoms with Crippen LogP contribution < -0.4 is 24.8 Å². The average molecular weight is 431 g/mol. The Hall–Kier alpha value is -3.26. The minimum atomic E-state index is -1.18. The first kappa shape index (κ1) is 24.0. The molecule has 0 saturated heterocycles. The van der Waals surface area contributed by atoms with Crippen molar-refractivity contribution in [3.8, 4) is 17.2 Å². The second-order valence-electron chi connectivity index (χ2n) is 6.88. The molecule has 8 heteroatoms. The Balaban J connectivity index is 1.74. The molecule has 168 valence electrons. The first-order valence-electron chi connectivity index (χ1n) is 10.1. The maximum atomic E-state index is 12.2. The van der Waals surface area contributed by atoms with Gasteiger partial charge < -0.3 is 24.3 Å². The van der Waals surface area contributed by atoms with Gasteiger partial charge in [0, 0.05) is 0 Å². The zero-order chi connectivity index (χ0) is 22.5. The predicted octanol–water partition coefficient (Wildman–Crippen LogP) is 2.18. The fourth-order valence-electron chi connectivity index (χ4n) is 2.65. The van der Waals surface area contributed by atoms with Crippen LogP contribution in [0.15, 0.2) is 54.6 Å². The number of rotatable bonds is 13. The van der Waals surface area contributed by atoms with E-state index in [9.17, 15) is 9.59 Å². The molecule has 0 aliphatic rings. The van der Waals surface area contributed by atoms with Crippen molar-refractivity contribution in [1.29, 1.82) is 0 Å². The molecule has 1 atom stereocenters. The number of hydrogen-bond acceptors (Lipinski definition) is 7. The van der Waals surface area contributed by atoms with Crippen LogP contribution in [0.5, 0.6) is 17.2 Å². The molecule has 31 heavy (non-hydrogen) atoms. The third-order valence-corrected chi connectivity index (χ3v) is 4.37. The molecule has 0 fully saturated rings. The van der Waals surface area contributed by atoms with E-state index in [4.69, 9.17) is 18.9 Å². The van der Waals surface area contributed by atoms with Gasteiger partial charge in [-0.3, -0.25) is 10.1 Å². The minimum Gasteiger partial charge on any atom is -0.494 e. The first-order chi connectivity index (χ1) is 15.0. The molecule has 2 aromatic carbocycles. The van der Waals surface area contributed by atoms with E-state index in [-0.39, 0.29) is 19.1 Å². The van der Waals surface area contributed by atoms with Crippen molar-refractivity contribution in [1.82, 2.24) is 10.6 Å². The molecule has 0 spiro atoms. The Bertz CT molecular complexity index is 813. The summed E-state index contributed by atoms with van der Waals surface area (Å²) in [5.41, 5.74) is -1.18. The van der Waals surface area contributed by atoms with Crippen molar-refractivity contribution in [3.05, 3.63) is 54.6 Å². The second kappa shape index (κ2) is 12.4. The lowest BCUT2D eigenvalue weighted by atomic mass is 10.0. The molecular weight excluding hydrogens is 400 g/mol. The van der Waals surface area contributed by atoms with E-state index in [1.165, 1.54) is 7.11 Å². The summed E-state index contributed by atoms with van der Waals surface area (Å²) in [6, 6.07) is 16.4. The predicted molar refractivity (Wildman–Crippen MR) is 116 cm³/mol. The molecule has 0 heterocycles. The van der Waals surface area contributed by atoms with Gasteiger partial charge in [-0.15, -0.1) is 0 Å². The molecule has 2 aromatic rings. The number of benzene rings is 2. The number of nitrogens with one attached hydrogen (secondary N) is 2. The van der Waals surface area contributed by atoms with Crippen molar-refractivity contribution in [2.45, 2.75) is 19.4 Å². The van der Waals surface area contributed by atoms with Crippen LogP contribution in [-0.4, -0.2) is 57.4 Å². The van der Waals surface area contributed by atoms with Gasteiger partial charge in [0.05, 0.1) is 26.8 Å². The van der Waals surface area contributed by atoms with Crippen molar-refractivity contribution in [3.63, 3.8) is 0 Å². The topological polar surface area (TPSA) is 95.1 Å².